The number of carboxylic acids is 1. The van der Waals surface area contributed by atoms with Gasteiger partial charge in [-0.1, -0.05) is 0 Å². The molecule has 0 bridgehead atoms. The molecule has 1 aromatic rings. The molecule has 1 N–H and O–H groups in total. The Balaban J connectivity index is 2.10. The van der Waals surface area contributed by atoms with E-state index >= 15 is 0 Å². The van der Waals surface area contributed by atoms with Crippen molar-refractivity contribution in [2.45, 2.75) is 19.3 Å². The van der Waals surface area contributed by atoms with Crippen molar-refractivity contribution in [3.63, 3.8) is 0 Å². The predicted molar refractivity (Wildman–Crippen MR) is 55.4 cm³/mol. The zero-order chi connectivity index (χ0) is 11.5. The van der Waals surface area contributed by atoms with Crippen molar-refractivity contribution in [2.24, 2.45) is 0 Å². The first-order chi connectivity index (χ1) is 7.68. The average Bonchev–Trinajstić information content (AvgIpc) is 2.78. The second-order valence-electron chi connectivity index (χ2n) is 3.82. The van der Waals surface area contributed by atoms with Crippen LogP contribution in [0.25, 0.3) is 0 Å². The molecule has 1 amide bonds. The van der Waals surface area contributed by atoms with Gasteiger partial charge in [0.05, 0.1) is 0 Å². The maximum atomic E-state index is 11.9. The molecule has 0 aliphatic carbocycles. The van der Waals surface area contributed by atoms with Gasteiger partial charge in [-0.05, 0) is 31.4 Å². The van der Waals surface area contributed by atoms with Crippen LogP contribution in [0.4, 0.5) is 0 Å². The highest BCUT2D eigenvalue weighted by atomic mass is 16.4. The summed E-state index contributed by atoms with van der Waals surface area (Å²) in [5, 5.41) is 8.67. The maximum Gasteiger partial charge on any atom is 0.371 e. The van der Waals surface area contributed by atoms with E-state index in [9.17, 15) is 9.59 Å². The normalized spacial score (nSPS) is 16.1. The van der Waals surface area contributed by atoms with Gasteiger partial charge >= 0.3 is 5.97 Å². The van der Waals surface area contributed by atoms with Crippen LogP contribution < -0.4 is 0 Å². The van der Waals surface area contributed by atoms with Crippen LogP contribution in [0.5, 0.6) is 0 Å². The Bertz CT molecular complexity index is 404. The fraction of sp³-hybridized carbons (Fsp3) is 0.455. The minimum Gasteiger partial charge on any atom is -0.475 e. The highest BCUT2D eigenvalue weighted by molar-refractivity contribution is 5.93. The number of hydrogen-bond donors (Lipinski definition) is 1. The minimum absolute atomic E-state index is 0.110. The van der Waals surface area contributed by atoms with Gasteiger partial charge in [0.25, 0.3) is 5.91 Å². The topological polar surface area (TPSA) is 70.8 Å². The molecular weight excluding hydrogens is 210 g/mol. The molecule has 0 unspecified atom stereocenters. The molecule has 1 aliphatic rings. The summed E-state index contributed by atoms with van der Waals surface area (Å²) in [6, 6.07) is 2.72. The van der Waals surface area contributed by atoms with E-state index in [1.165, 1.54) is 12.1 Å². The molecule has 2 heterocycles. The van der Waals surface area contributed by atoms with E-state index < -0.39 is 5.97 Å². The van der Waals surface area contributed by atoms with Gasteiger partial charge in [0.2, 0.25) is 5.76 Å². The average molecular weight is 223 g/mol. The van der Waals surface area contributed by atoms with Gasteiger partial charge in [-0.15, -0.1) is 0 Å². The number of furan rings is 1. The molecule has 1 fully saturated rings. The van der Waals surface area contributed by atoms with Crippen molar-refractivity contribution >= 4 is 11.9 Å². The minimum atomic E-state index is -1.15. The number of likely N-dealkylation sites (tertiary alicyclic amines) is 1. The van der Waals surface area contributed by atoms with Crippen molar-refractivity contribution in [3.8, 4) is 0 Å². The SMILES string of the molecule is O=C(O)c1ccc(C(=O)N2CCCCC2)o1. The first-order valence-corrected chi connectivity index (χ1v) is 5.31. The van der Waals surface area contributed by atoms with Crippen LogP contribution in [0.1, 0.15) is 40.4 Å². The highest BCUT2D eigenvalue weighted by Gasteiger charge is 2.22. The third-order valence-corrected chi connectivity index (χ3v) is 2.67. The summed E-state index contributed by atoms with van der Waals surface area (Å²) in [6.45, 7) is 1.45. The van der Waals surface area contributed by atoms with Gasteiger partial charge < -0.3 is 14.4 Å². The van der Waals surface area contributed by atoms with Gasteiger partial charge in [-0.3, -0.25) is 4.79 Å². The predicted octanol–water partition coefficient (Wildman–Crippen LogP) is 1.60. The molecule has 5 nitrogen and oxygen atoms in total. The van der Waals surface area contributed by atoms with E-state index in [4.69, 9.17) is 9.52 Å². The first kappa shape index (κ1) is 10.7. The van der Waals surface area contributed by atoms with E-state index in [1.807, 2.05) is 0 Å². The molecule has 16 heavy (non-hydrogen) atoms. The fourth-order valence-corrected chi connectivity index (χ4v) is 1.82. The molecule has 0 spiro atoms. The summed E-state index contributed by atoms with van der Waals surface area (Å²) in [4.78, 5) is 24.2. The van der Waals surface area contributed by atoms with Crippen molar-refractivity contribution in [1.29, 1.82) is 0 Å². The maximum absolute atomic E-state index is 11.9. The molecule has 0 radical (unpaired) electrons. The van der Waals surface area contributed by atoms with Gasteiger partial charge in [0.15, 0.2) is 5.76 Å². The highest BCUT2D eigenvalue weighted by Crippen LogP contribution is 2.15. The second kappa shape index (κ2) is 4.38. The van der Waals surface area contributed by atoms with Crippen molar-refractivity contribution in [2.75, 3.05) is 13.1 Å². The van der Waals surface area contributed by atoms with Crippen molar-refractivity contribution < 1.29 is 19.1 Å². The Kier molecular flexibility index (Phi) is 2.94. The van der Waals surface area contributed by atoms with Gasteiger partial charge in [-0.2, -0.15) is 0 Å². The molecule has 0 saturated carbocycles. The summed E-state index contributed by atoms with van der Waals surface area (Å²) >= 11 is 0. The molecule has 0 aromatic carbocycles. The Hall–Kier alpha value is -1.78. The molecule has 1 saturated heterocycles. The van der Waals surface area contributed by atoms with E-state index in [1.54, 1.807) is 4.90 Å². The molecular formula is C11H13NO4. The third kappa shape index (κ3) is 2.08. The summed E-state index contributed by atoms with van der Waals surface area (Å²) in [6.07, 6.45) is 3.14. The van der Waals surface area contributed by atoms with Crippen LogP contribution in [-0.4, -0.2) is 35.0 Å². The monoisotopic (exact) mass is 223 g/mol. The summed E-state index contributed by atoms with van der Waals surface area (Å²) in [7, 11) is 0. The Morgan fingerprint density at radius 3 is 2.31 bits per heavy atom. The Morgan fingerprint density at radius 1 is 1.12 bits per heavy atom. The van der Waals surface area contributed by atoms with Gasteiger partial charge in [0, 0.05) is 13.1 Å². The molecule has 0 atom stereocenters. The third-order valence-electron chi connectivity index (χ3n) is 2.67. The lowest BCUT2D eigenvalue weighted by atomic mass is 10.1. The standard InChI is InChI=1S/C11H13NO4/c13-10(12-6-2-1-3-7-12)8-4-5-9(16-8)11(14)15/h4-5H,1-3,6-7H2,(H,14,15). The largest absolute Gasteiger partial charge is 0.475 e. The van der Waals surface area contributed by atoms with Crippen LogP contribution in [0.2, 0.25) is 0 Å². The number of carbonyl (C=O) groups excluding carboxylic acids is 1. The molecule has 5 heteroatoms. The number of carboxylic acid groups (broad SMARTS) is 1. The Morgan fingerprint density at radius 2 is 1.75 bits per heavy atom. The number of rotatable bonds is 2. The second-order valence-corrected chi connectivity index (χ2v) is 3.82. The lowest BCUT2D eigenvalue weighted by Gasteiger charge is -2.25. The van der Waals surface area contributed by atoms with E-state index in [-0.39, 0.29) is 17.4 Å². The van der Waals surface area contributed by atoms with Crippen LogP contribution in [0.3, 0.4) is 0 Å². The van der Waals surface area contributed by atoms with Gasteiger partial charge in [-0.25, -0.2) is 4.79 Å². The van der Waals surface area contributed by atoms with Gasteiger partial charge in [0.1, 0.15) is 0 Å². The lowest BCUT2D eigenvalue weighted by Crippen LogP contribution is -2.35. The smallest absolute Gasteiger partial charge is 0.371 e. The lowest BCUT2D eigenvalue weighted by molar-refractivity contribution is 0.0642. The first-order valence-electron chi connectivity index (χ1n) is 5.31. The van der Waals surface area contributed by atoms with Crippen LogP contribution >= 0.6 is 0 Å². The van der Waals surface area contributed by atoms with Crippen LogP contribution in [-0.2, 0) is 0 Å². The van der Waals surface area contributed by atoms with Crippen molar-refractivity contribution in [1.82, 2.24) is 4.90 Å². The number of amides is 1. The van der Waals surface area contributed by atoms with Crippen molar-refractivity contribution in [3.05, 3.63) is 23.7 Å². The van der Waals surface area contributed by atoms with Crippen LogP contribution in [0.15, 0.2) is 16.5 Å². The number of carbonyl (C=O) groups is 2. The fourth-order valence-electron chi connectivity index (χ4n) is 1.82. The van der Waals surface area contributed by atoms with E-state index in [0.717, 1.165) is 32.4 Å². The number of piperidine rings is 1. The summed E-state index contributed by atoms with van der Waals surface area (Å²) < 4.78 is 4.97. The quantitative estimate of drug-likeness (QED) is 0.826. The Labute approximate surface area is 92.7 Å². The number of nitrogens with zero attached hydrogens (tertiary/aromatic N) is 1. The summed E-state index contributed by atoms with van der Waals surface area (Å²) in [5.41, 5.74) is 0. The summed E-state index contributed by atoms with van der Waals surface area (Å²) in [5.74, 6) is -1.45. The molecule has 1 aliphatic heterocycles. The zero-order valence-corrected chi connectivity index (χ0v) is 8.81. The van der Waals surface area contributed by atoms with E-state index in [0.29, 0.717) is 0 Å². The molecule has 86 valence electrons. The molecule has 1 aromatic heterocycles. The molecule has 2 rings (SSSR count). The number of hydrogen-bond acceptors (Lipinski definition) is 3. The van der Waals surface area contributed by atoms with Crippen LogP contribution in [0, 0.1) is 0 Å². The number of aromatic carboxylic acids is 1. The van der Waals surface area contributed by atoms with E-state index in [2.05, 4.69) is 0 Å². The zero-order valence-electron chi connectivity index (χ0n) is 8.81.